The highest BCUT2D eigenvalue weighted by atomic mass is 19.1. The first kappa shape index (κ1) is 12.5. The van der Waals surface area contributed by atoms with Crippen molar-refractivity contribution in [2.24, 2.45) is 0 Å². The molecule has 0 saturated carbocycles. The van der Waals surface area contributed by atoms with Crippen LogP contribution in [0, 0.1) is 0 Å². The van der Waals surface area contributed by atoms with Crippen molar-refractivity contribution in [2.45, 2.75) is 19.2 Å². The molecule has 1 aliphatic heterocycles. The van der Waals surface area contributed by atoms with Gasteiger partial charge in [-0.2, -0.15) is 0 Å². The Morgan fingerprint density at radius 2 is 2.11 bits per heavy atom. The SMILES string of the molecule is O=C1CCN(C(=O)OCc2ccccc2)C[C@@H]1F. The molecule has 0 spiro atoms. The van der Waals surface area contributed by atoms with Crippen molar-refractivity contribution in [3.05, 3.63) is 35.9 Å². The lowest BCUT2D eigenvalue weighted by atomic mass is 10.1. The van der Waals surface area contributed by atoms with Gasteiger partial charge in [-0.1, -0.05) is 30.3 Å². The molecule has 1 atom stereocenters. The van der Waals surface area contributed by atoms with Crippen molar-refractivity contribution >= 4 is 11.9 Å². The van der Waals surface area contributed by atoms with Crippen molar-refractivity contribution < 1.29 is 18.7 Å². The number of carbonyl (C=O) groups excluding carboxylic acids is 2. The van der Waals surface area contributed by atoms with Gasteiger partial charge in [0.05, 0.1) is 6.54 Å². The normalized spacial score (nSPS) is 19.7. The maximum Gasteiger partial charge on any atom is 0.410 e. The van der Waals surface area contributed by atoms with Crippen LogP contribution >= 0.6 is 0 Å². The number of benzene rings is 1. The average Bonchev–Trinajstić information content (AvgIpc) is 2.40. The first-order valence-electron chi connectivity index (χ1n) is 5.79. The molecule has 5 heteroatoms. The number of ether oxygens (including phenoxy) is 1. The third-order valence-corrected chi connectivity index (χ3v) is 2.82. The van der Waals surface area contributed by atoms with Gasteiger partial charge in [-0.25, -0.2) is 9.18 Å². The van der Waals surface area contributed by atoms with Crippen LogP contribution in [-0.2, 0) is 16.1 Å². The second-order valence-corrected chi connectivity index (χ2v) is 4.17. The van der Waals surface area contributed by atoms with Crippen LogP contribution in [0.2, 0.25) is 0 Å². The summed E-state index contributed by atoms with van der Waals surface area (Å²) in [5.74, 6) is -0.442. The molecule has 1 aromatic carbocycles. The number of likely N-dealkylation sites (tertiary alicyclic amines) is 1. The van der Waals surface area contributed by atoms with Crippen molar-refractivity contribution in [2.75, 3.05) is 13.1 Å². The fourth-order valence-corrected chi connectivity index (χ4v) is 1.76. The third-order valence-electron chi connectivity index (χ3n) is 2.82. The molecule has 0 aromatic heterocycles. The minimum Gasteiger partial charge on any atom is -0.445 e. The van der Waals surface area contributed by atoms with E-state index in [0.717, 1.165) is 5.56 Å². The minimum atomic E-state index is -1.58. The number of amides is 1. The van der Waals surface area contributed by atoms with E-state index in [1.165, 1.54) is 4.90 Å². The maximum atomic E-state index is 13.2. The molecule has 0 bridgehead atoms. The first-order chi connectivity index (χ1) is 8.66. The number of halogens is 1. The number of rotatable bonds is 2. The maximum absolute atomic E-state index is 13.2. The van der Waals surface area contributed by atoms with E-state index >= 15 is 0 Å². The highest BCUT2D eigenvalue weighted by Gasteiger charge is 2.30. The van der Waals surface area contributed by atoms with Crippen molar-refractivity contribution in [3.8, 4) is 0 Å². The lowest BCUT2D eigenvalue weighted by Crippen LogP contribution is -2.45. The van der Waals surface area contributed by atoms with Crippen LogP contribution in [0.5, 0.6) is 0 Å². The predicted octanol–water partition coefficient (Wildman–Crippen LogP) is 1.94. The second kappa shape index (κ2) is 5.62. The number of piperidine rings is 1. The predicted molar refractivity (Wildman–Crippen MR) is 62.7 cm³/mol. The summed E-state index contributed by atoms with van der Waals surface area (Å²) in [4.78, 5) is 23.9. The molecule has 18 heavy (non-hydrogen) atoms. The minimum absolute atomic E-state index is 0.0571. The van der Waals surface area contributed by atoms with E-state index < -0.39 is 18.0 Å². The van der Waals surface area contributed by atoms with Gasteiger partial charge < -0.3 is 9.64 Å². The molecule has 1 aromatic rings. The quantitative estimate of drug-likeness (QED) is 0.807. The fraction of sp³-hybridized carbons (Fsp3) is 0.385. The van der Waals surface area contributed by atoms with E-state index in [1.807, 2.05) is 30.3 Å². The number of hydrogen-bond acceptors (Lipinski definition) is 3. The second-order valence-electron chi connectivity index (χ2n) is 4.17. The molecule has 1 heterocycles. The van der Waals surface area contributed by atoms with E-state index in [1.54, 1.807) is 0 Å². The summed E-state index contributed by atoms with van der Waals surface area (Å²) in [5, 5.41) is 0. The lowest BCUT2D eigenvalue weighted by molar-refractivity contribution is -0.126. The number of nitrogens with zero attached hydrogens (tertiary/aromatic N) is 1. The van der Waals surface area contributed by atoms with E-state index in [9.17, 15) is 14.0 Å². The average molecular weight is 251 g/mol. The van der Waals surface area contributed by atoms with E-state index in [-0.39, 0.29) is 26.1 Å². The molecular formula is C13H14FNO3. The molecule has 0 radical (unpaired) electrons. The molecule has 2 rings (SSSR count). The van der Waals surface area contributed by atoms with Gasteiger partial charge in [0.2, 0.25) is 0 Å². The zero-order chi connectivity index (χ0) is 13.0. The van der Waals surface area contributed by atoms with Gasteiger partial charge in [0.25, 0.3) is 0 Å². The zero-order valence-corrected chi connectivity index (χ0v) is 9.84. The molecule has 4 nitrogen and oxygen atoms in total. The van der Waals surface area contributed by atoms with Crippen LogP contribution in [-0.4, -0.2) is 36.0 Å². The van der Waals surface area contributed by atoms with Gasteiger partial charge in [-0.05, 0) is 5.56 Å². The molecule has 1 aliphatic rings. The number of hydrogen-bond donors (Lipinski definition) is 0. The Kier molecular flexibility index (Phi) is 3.92. The molecule has 0 N–H and O–H groups in total. The Balaban J connectivity index is 1.83. The van der Waals surface area contributed by atoms with E-state index in [0.29, 0.717) is 0 Å². The summed E-state index contributed by atoms with van der Waals surface area (Å²) in [6.07, 6.45) is -2.10. The van der Waals surface area contributed by atoms with Gasteiger partial charge in [0.1, 0.15) is 6.61 Å². The lowest BCUT2D eigenvalue weighted by Gasteiger charge is -2.27. The molecule has 1 amide bonds. The topological polar surface area (TPSA) is 46.6 Å². The van der Waals surface area contributed by atoms with E-state index in [2.05, 4.69) is 0 Å². The Morgan fingerprint density at radius 1 is 1.39 bits per heavy atom. The number of carbonyl (C=O) groups is 2. The molecule has 0 aliphatic carbocycles. The Bertz CT molecular complexity index is 435. The van der Waals surface area contributed by atoms with Crippen LogP contribution in [0.1, 0.15) is 12.0 Å². The fourth-order valence-electron chi connectivity index (χ4n) is 1.76. The summed E-state index contributed by atoms with van der Waals surface area (Å²) in [6, 6.07) is 9.24. The summed E-state index contributed by atoms with van der Waals surface area (Å²) in [5.41, 5.74) is 0.871. The van der Waals surface area contributed by atoms with Gasteiger partial charge in [-0.15, -0.1) is 0 Å². The summed E-state index contributed by atoms with van der Waals surface area (Å²) in [7, 11) is 0. The summed E-state index contributed by atoms with van der Waals surface area (Å²) in [6.45, 7) is 0.181. The largest absolute Gasteiger partial charge is 0.445 e. The number of alkyl halides is 1. The van der Waals surface area contributed by atoms with E-state index in [4.69, 9.17) is 4.74 Å². The Hall–Kier alpha value is -1.91. The molecule has 0 unspecified atom stereocenters. The van der Waals surface area contributed by atoms with Crippen LogP contribution in [0.3, 0.4) is 0 Å². The Labute approximate surface area is 104 Å². The highest BCUT2D eigenvalue weighted by Crippen LogP contribution is 2.12. The van der Waals surface area contributed by atoms with Crippen LogP contribution in [0.15, 0.2) is 30.3 Å². The van der Waals surface area contributed by atoms with Crippen molar-refractivity contribution in [3.63, 3.8) is 0 Å². The van der Waals surface area contributed by atoms with Gasteiger partial charge in [0, 0.05) is 13.0 Å². The van der Waals surface area contributed by atoms with Gasteiger partial charge in [-0.3, -0.25) is 4.79 Å². The molecule has 1 fully saturated rings. The smallest absolute Gasteiger partial charge is 0.410 e. The van der Waals surface area contributed by atoms with Gasteiger partial charge >= 0.3 is 6.09 Å². The third kappa shape index (κ3) is 3.06. The van der Waals surface area contributed by atoms with Crippen LogP contribution in [0.4, 0.5) is 9.18 Å². The highest BCUT2D eigenvalue weighted by molar-refractivity contribution is 5.85. The molecular weight excluding hydrogens is 237 g/mol. The first-order valence-corrected chi connectivity index (χ1v) is 5.79. The monoisotopic (exact) mass is 251 g/mol. The molecule has 96 valence electrons. The Morgan fingerprint density at radius 3 is 2.78 bits per heavy atom. The van der Waals surface area contributed by atoms with Crippen molar-refractivity contribution in [1.82, 2.24) is 4.90 Å². The molecule has 1 saturated heterocycles. The zero-order valence-electron chi connectivity index (χ0n) is 9.84. The number of Topliss-reactive ketones (excluding diaryl/α,β-unsaturated/α-hetero) is 1. The van der Waals surface area contributed by atoms with Crippen molar-refractivity contribution in [1.29, 1.82) is 0 Å². The van der Waals surface area contributed by atoms with Crippen LogP contribution < -0.4 is 0 Å². The number of ketones is 1. The standard InChI is InChI=1S/C13H14FNO3/c14-11-8-15(7-6-12(11)16)13(17)18-9-10-4-2-1-3-5-10/h1-5,11H,6-9H2/t11-/m0/s1. The summed E-state index contributed by atoms with van der Waals surface area (Å²) >= 11 is 0. The summed E-state index contributed by atoms with van der Waals surface area (Å²) < 4.78 is 18.2. The van der Waals surface area contributed by atoms with Crippen LogP contribution in [0.25, 0.3) is 0 Å². The van der Waals surface area contributed by atoms with Gasteiger partial charge in [0.15, 0.2) is 12.0 Å².